The van der Waals surface area contributed by atoms with Crippen LogP contribution >= 0.6 is 35.4 Å². The number of anilines is 2. The lowest BCUT2D eigenvalue weighted by Gasteiger charge is -2.13. The molecule has 30 heavy (non-hydrogen) atoms. The van der Waals surface area contributed by atoms with Crippen molar-refractivity contribution < 1.29 is 9.59 Å². The molecule has 2 amide bonds. The van der Waals surface area contributed by atoms with Crippen molar-refractivity contribution in [2.75, 3.05) is 10.6 Å². The van der Waals surface area contributed by atoms with Crippen LogP contribution in [0.25, 0.3) is 0 Å². The normalized spacial score (nSPS) is 10.1. The quantitative estimate of drug-likeness (QED) is 0.343. The molecule has 0 aliphatic heterocycles. The van der Waals surface area contributed by atoms with E-state index in [0.29, 0.717) is 32.5 Å². The lowest BCUT2D eigenvalue weighted by Crippen LogP contribution is -2.43. The van der Waals surface area contributed by atoms with Crippen LogP contribution in [0.4, 0.5) is 11.4 Å². The van der Waals surface area contributed by atoms with E-state index in [1.54, 1.807) is 60.8 Å². The predicted molar refractivity (Wildman–Crippen MR) is 122 cm³/mol. The van der Waals surface area contributed by atoms with Gasteiger partial charge in [-0.15, -0.1) is 0 Å². The molecule has 0 bridgehead atoms. The second-order valence-corrected chi connectivity index (χ2v) is 7.18. The molecule has 7 nitrogen and oxygen atoms in total. The lowest BCUT2D eigenvalue weighted by molar-refractivity contribution is 0.0943. The average molecular weight is 460 g/mol. The van der Waals surface area contributed by atoms with E-state index in [0.717, 1.165) is 0 Å². The van der Waals surface area contributed by atoms with Crippen molar-refractivity contribution in [3.63, 3.8) is 0 Å². The van der Waals surface area contributed by atoms with Crippen LogP contribution in [0.2, 0.25) is 10.0 Å². The number of hydrogen-bond donors (Lipinski definition) is 4. The predicted octanol–water partition coefficient (Wildman–Crippen LogP) is 4.27. The van der Waals surface area contributed by atoms with Crippen LogP contribution < -0.4 is 21.5 Å². The monoisotopic (exact) mass is 459 g/mol. The molecule has 0 fully saturated rings. The summed E-state index contributed by atoms with van der Waals surface area (Å²) in [5, 5.41) is 6.62. The molecule has 0 atom stereocenters. The topological polar surface area (TPSA) is 95.1 Å². The van der Waals surface area contributed by atoms with Crippen LogP contribution in [0, 0.1) is 0 Å². The number of nitrogens with zero attached hydrogens (tertiary/aromatic N) is 1. The number of pyridine rings is 1. The summed E-state index contributed by atoms with van der Waals surface area (Å²) in [6.07, 6.45) is 3.05. The summed E-state index contributed by atoms with van der Waals surface area (Å²) in [5.74, 6) is -0.709. The number of aromatic nitrogens is 1. The fraction of sp³-hybridized carbons (Fsp3) is 0. The summed E-state index contributed by atoms with van der Waals surface area (Å²) >= 11 is 17.1. The van der Waals surface area contributed by atoms with Gasteiger partial charge in [-0.05, 0) is 66.8 Å². The molecule has 0 aliphatic carbocycles. The van der Waals surface area contributed by atoms with Crippen molar-refractivity contribution in [2.45, 2.75) is 0 Å². The summed E-state index contributed by atoms with van der Waals surface area (Å²) < 4.78 is 0. The Labute approximate surface area is 187 Å². The molecule has 1 aromatic heterocycles. The maximum atomic E-state index is 12.3. The third-order valence-electron chi connectivity index (χ3n) is 3.79. The number of thiocarbonyl (C=S) groups is 1. The van der Waals surface area contributed by atoms with Gasteiger partial charge < -0.3 is 10.6 Å². The number of benzene rings is 2. The highest BCUT2D eigenvalue weighted by atomic mass is 35.5. The first-order valence-corrected chi connectivity index (χ1v) is 9.72. The minimum Gasteiger partial charge on any atom is -0.330 e. The second kappa shape index (κ2) is 10.0. The van der Waals surface area contributed by atoms with E-state index in [1.165, 1.54) is 6.20 Å². The summed E-state index contributed by atoms with van der Waals surface area (Å²) in [4.78, 5) is 28.3. The van der Waals surface area contributed by atoms with Crippen molar-refractivity contribution in [3.8, 4) is 0 Å². The summed E-state index contributed by atoms with van der Waals surface area (Å²) in [6, 6.07) is 14.6. The zero-order chi connectivity index (χ0) is 21.5. The van der Waals surface area contributed by atoms with E-state index in [-0.39, 0.29) is 11.0 Å². The molecule has 3 aromatic rings. The Bertz CT molecular complexity index is 1080. The largest absolute Gasteiger partial charge is 0.330 e. The number of hydrazine groups is 1. The maximum Gasteiger partial charge on any atom is 0.269 e. The number of hydrogen-bond acceptors (Lipinski definition) is 4. The molecular formula is C20H15Cl2N5O2S. The van der Waals surface area contributed by atoms with Crippen LogP contribution in [0.3, 0.4) is 0 Å². The Balaban J connectivity index is 1.52. The minimum atomic E-state index is -0.415. The minimum absolute atomic E-state index is 0.132. The van der Waals surface area contributed by atoms with Crippen molar-refractivity contribution in [1.82, 2.24) is 15.8 Å². The molecule has 0 saturated carbocycles. The van der Waals surface area contributed by atoms with Gasteiger partial charge in [-0.3, -0.25) is 25.4 Å². The van der Waals surface area contributed by atoms with Gasteiger partial charge in [0.1, 0.15) is 0 Å². The Hall–Kier alpha value is -3.20. The fourth-order valence-corrected chi connectivity index (χ4v) is 2.84. The second-order valence-electron chi connectivity index (χ2n) is 5.93. The highest BCUT2D eigenvalue weighted by Crippen LogP contribution is 2.25. The molecule has 0 radical (unpaired) electrons. The number of carbonyl (C=O) groups excluding carboxylic acids is 2. The number of nitrogens with one attached hydrogen (secondary N) is 4. The van der Waals surface area contributed by atoms with Crippen LogP contribution in [-0.4, -0.2) is 21.9 Å². The van der Waals surface area contributed by atoms with Gasteiger partial charge in [0.15, 0.2) is 5.11 Å². The van der Waals surface area contributed by atoms with Gasteiger partial charge in [0.2, 0.25) is 0 Å². The average Bonchev–Trinajstić information content (AvgIpc) is 2.75. The Kier molecular flexibility index (Phi) is 7.18. The van der Waals surface area contributed by atoms with Crippen molar-refractivity contribution in [3.05, 3.63) is 88.2 Å². The highest BCUT2D eigenvalue weighted by molar-refractivity contribution is 7.80. The lowest BCUT2D eigenvalue weighted by atomic mass is 10.2. The Morgan fingerprint density at radius 2 is 1.63 bits per heavy atom. The molecule has 0 spiro atoms. The number of carbonyl (C=O) groups is 2. The molecule has 4 N–H and O–H groups in total. The zero-order valence-corrected chi connectivity index (χ0v) is 17.6. The summed E-state index contributed by atoms with van der Waals surface area (Å²) in [6.45, 7) is 0. The van der Waals surface area contributed by atoms with Gasteiger partial charge >= 0.3 is 0 Å². The molecule has 0 saturated heterocycles. The van der Waals surface area contributed by atoms with Gasteiger partial charge in [-0.25, -0.2) is 0 Å². The van der Waals surface area contributed by atoms with Crippen LogP contribution in [-0.2, 0) is 0 Å². The smallest absolute Gasteiger partial charge is 0.269 e. The molecule has 2 aromatic carbocycles. The van der Waals surface area contributed by atoms with Crippen LogP contribution in [0.1, 0.15) is 20.7 Å². The molecule has 3 rings (SSSR count). The van der Waals surface area contributed by atoms with Gasteiger partial charge in [0, 0.05) is 28.7 Å². The third kappa shape index (κ3) is 5.90. The standard InChI is InChI=1S/C20H15Cl2N5O2S/c21-14-5-8-16(22)17(10-14)25-20(30)27-26-19(29)12-3-6-15(7-4-12)24-18(28)13-2-1-9-23-11-13/h1-11H,(H,24,28)(H,26,29)(H2,25,27,30). The van der Waals surface area contributed by atoms with E-state index in [1.807, 2.05) is 0 Å². The van der Waals surface area contributed by atoms with E-state index >= 15 is 0 Å². The number of amides is 2. The molecule has 10 heteroatoms. The van der Waals surface area contributed by atoms with Crippen molar-refractivity contribution in [1.29, 1.82) is 0 Å². The first kappa shape index (κ1) is 21.5. The number of halogens is 2. The van der Waals surface area contributed by atoms with Crippen LogP contribution in [0.15, 0.2) is 67.0 Å². The fourth-order valence-electron chi connectivity index (χ4n) is 2.34. The maximum absolute atomic E-state index is 12.3. The van der Waals surface area contributed by atoms with E-state index < -0.39 is 5.91 Å². The van der Waals surface area contributed by atoms with Gasteiger partial charge in [-0.2, -0.15) is 0 Å². The highest BCUT2D eigenvalue weighted by Gasteiger charge is 2.09. The third-order valence-corrected chi connectivity index (χ3v) is 4.56. The Morgan fingerprint density at radius 1 is 0.867 bits per heavy atom. The summed E-state index contributed by atoms with van der Waals surface area (Å²) in [5.41, 5.74) is 6.91. The van der Waals surface area contributed by atoms with Crippen molar-refractivity contribution in [2.24, 2.45) is 0 Å². The number of rotatable bonds is 4. The SMILES string of the molecule is O=C(NNC(=S)Nc1cc(Cl)ccc1Cl)c1ccc(NC(=O)c2cccnc2)cc1. The Morgan fingerprint density at radius 3 is 2.33 bits per heavy atom. The van der Waals surface area contributed by atoms with Gasteiger partial charge in [0.05, 0.1) is 16.3 Å². The first-order valence-electron chi connectivity index (χ1n) is 8.56. The van der Waals surface area contributed by atoms with Gasteiger partial charge in [0.25, 0.3) is 11.8 Å². The zero-order valence-electron chi connectivity index (χ0n) is 15.3. The molecule has 152 valence electrons. The summed E-state index contributed by atoms with van der Waals surface area (Å²) in [7, 11) is 0. The molecule has 0 unspecified atom stereocenters. The molecular weight excluding hydrogens is 445 g/mol. The molecule has 0 aliphatic rings. The van der Waals surface area contributed by atoms with E-state index in [4.69, 9.17) is 35.4 Å². The first-order chi connectivity index (χ1) is 14.4. The van der Waals surface area contributed by atoms with Gasteiger partial charge in [-0.1, -0.05) is 23.2 Å². The van der Waals surface area contributed by atoms with E-state index in [2.05, 4.69) is 26.5 Å². The van der Waals surface area contributed by atoms with Crippen molar-refractivity contribution >= 4 is 63.7 Å². The molecule has 1 heterocycles. The van der Waals surface area contributed by atoms with E-state index in [9.17, 15) is 9.59 Å². The van der Waals surface area contributed by atoms with Crippen LogP contribution in [0.5, 0.6) is 0 Å².